The molecule has 200 valence electrons. The zero-order chi connectivity index (χ0) is 27.6. The van der Waals surface area contributed by atoms with Gasteiger partial charge in [0.25, 0.3) is 5.91 Å². The lowest BCUT2D eigenvalue weighted by Gasteiger charge is -2.29. The van der Waals surface area contributed by atoms with Crippen LogP contribution in [0.15, 0.2) is 90.4 Å². The molecule has 0 saturated carbocycles. The van der Waals surface area contributed by atoms with Gasteiger partial charge >= 0.3 is 0 Å². The first-order valence-electron chi connectivity index (χ1n) is 12.9. The topological polar surface area (TPSA) is 90.3 Å². The average Bonchev–Trinajstić information content (AvgIpc) is 3.39. The van der Waals surface area contributed by atoms with Crippen molar-refractivity contribution in [2.75, 3.05) is 17.7 Å². The average molecular weight is 524 g/mol. The van der Waals surface area contributed by atoms with Crippen molar-refractivity contribution in [1.29, 1.82) is 0 Å². The largest absolute Gasteiger partial charge is 0.493 e. The molecule has 0 saturated heterocycles. The van der Waals surface area contributed by atoms with E-state index in [4.69, 9.17) is 9.47 Å². The van der Waals surface area contributed by atoms with Crippen molar-refractivity contribution in [2.45, 2.75) is 45.8 Å². The molecule has 0 bridgehead atoms. The number of benzene rings is 3. The Morgan fingerprint density at radius 2 is 1.77 bits per heavy atom. The molecule has 2 N–H and O–H groups in total. The molecule has 1 unspecified atom stereocenters. The number of aromatic nitrogens is 3. The zero-order valence-corrected chi connectivity index (χ0v) is 22.9. The minimum atomic E-state index is -0.514. The fourth-order valence-corrected chi connectivity index (χ4v) is 4.65. The van der Waals surface area contributed by atoms with E-state index in [-0.39, 0.29) is 11.3 Å². The highest BCUT2D eigenvalue weighted by Gasteiger charge is 2.34. The second-order valence-corrected chi connectivity index (χ2v) is 10.6. The van der Waals surface area contributed by atoms with Crippen molar-refractivity contribution in [1.82, 2.24) is 14.8 Å². The van der Waals surface area contributed by atoms with Crippen LogP contribution < -0.4 is 20.1 Å². The lowest BCUT2D eigenvalue weighted by Crippen LogP contribution is -2.31. The minimum Gasteiger partial charge on any atom is -0.493 e. The van der Waals surface area contributed by atoms with Gasteiger partial charge in [-0.15, -0.1) is 0 Å². The number of allylic oxidation sites excluding steroid dienone is 1. The van der Waals surface area contributed by atoms with Crippen LogP contribution in [-0.2, 0) is 16.8 Å². The number of ether oxygens (including phenoxy) is 2. The van der Waals surface area contributed by atoms with Gasteiger partial charge in [-0.1, -0.05) is 69.3 Å². The lowest BCUT2D eigenvalue weighted by molar-refractivity contribution is -0.113. The van der Waals surface area contributed by atoms with E-state index < -0.39 is 6.04 Å². The van der Waals surface area contributed by atoms with Crippen molar-refractivity contribution in [3.8, 4) is 11.5 Å². The zero-order valence-electron chi connectivity index (χ0n) is 22.9. The second kappa shape index (κ2) is 10.6. The van der Waals surface area contributed by atoms with Gasteiger partial charge in [0.1, 0.15) is 19.0 Å². The number of amides is 1. The number of para-hydroxylation sites is 1. The molecular weight excluding hydrogens is 490 g/mol. The third-order valence-electron chi connectivity index (χ3n) is 6.79. The Labute approximate surface area is 228 Å². The summed E-state index contributed by atoms with van der Waals surface area (Å²) in [6, 6.07) is 23.0. The second-order valence-electron chi connectivity index (χ2n) is 10.6. The van der Waals surface area contributed by atoms with Crippen LogP contribution in [0.5, 0.6) is 11.5 Å². The maximum absolute atomic E-state index is 13.5. The number of hydrogen-bond acceptors (Lipinski definition) is 6. The molecule has 4 aromatic rings. The van der Waals surface area contributed by atoms with Crippen LogP contribution in [0.4, 0.5) is 11.6 Å². The van der Waals surface area contributed by atoms with Crippen LogP contribution in [0.3, 0.4) is 0 Å². The molecule has 3 aromatic carbocycles. The molecule has 8 heteroatoms. The molecule has 8 nitrogen and oxygen atoms in total. The van der Waals surface area contributed by atoms with E-state index in [1.54, 1.807) is 11.8 Å². The molecule has 1 aromatic heterocycles. The van der Waals surface area contributed by atoms with Gasteiger partial charge in [0, 0.05) is 11.4 Å². The summed E-state index contributed by atoms with van der Waals surface area (Å²) in [7, 11) is 1.61. The molecule has 39 heavy (non-hydrogen) atoms. The molecule has 0 spiro atoms. The standard InChI is InChI=1S/C31H33N5O3/c1-20-27(29(37)35-24-9-7-6-8-10-24)28(36-30(34-20)32-19-33-36)22-13-16-25(26(17-22)38-5)39-18-21-11-14-23(15-12-21)31(2,3)4/h6-17,19,28H,18H2,1-5H3,(H,35,37)(H,32,33,34). The summed E-state index contributed by atoms with van der Waals surface area (Å²) in [6.07, 6.45) is 1.47. The summed E-state index contributed by atoms with van der Waals surface area (Å²) in [5.41, 5.74) is 5.21. The van der Waals surface area contributed by atoms with Crippen LogP contribution in [0.1, 0.15) is 50.4 Å². The Kier molecular flexibility index (Phi) is 7.11. The van der Waals surface area contributed by atoms with Gasteiger partial charge in [0.05, 0.1) is 12.7 Å². The van der Waals surface area contributed by atoms with Crippen LogP contribution in [-0.4, -0.2) is 27.8 Å². The predicted octanol–water partition coefficient (Wildman–Crippen LogP) is 6.09. The molecule has 1 atom stereocenters. The molecule has 0 fully saturated rings. The maximum Gasteiger partial charge on any atom is 0.255 e. The van der Waals surface area contributed by atoms with E-state index in [1.807, 2.05) is 55.5 Å². The first-order chi connectivity index (χ1) is 18.7. The highest BCUT2D eigenvalue weighted by Crippen LogP contribution is 2.39. The number of anilines is 2. The summed E-state index contributed by atoms with van der Waals surface area (Å²) in [6.45, 7) is 8.87. The van der Waals surface area contributed by atoms with Gasteiger partial charge in [-0.25, -0.2) is 4.68 Å². The molecule has 5 rings (SSSR count). The number of fused-ring (bicyclic) bond motifs is 1. The van der Waals surface area contributed by atoms with Gasteiger partial charge in [0.2, 0.25) is 5.95 Å². The first-order valence-corrected chi connectivity index (χ1v) is 12.9. The van der Waals surface area contributed by atoms with Crippen molar-refractivity contribution in [3.63, 3.8) is 0 Å². The molecule has 2 heterocycles. The Balaban J connectivity index is 1.42. The SMILES string of the molecule is COc1cc(C2C(C(=O)Nc3ccccc3)=C(C)Nc3ncnn32)ccc1OCc1ccc(C(C)(C)C)cc1. The number of hydrogen-bond donors (Lipinski definition) is 2. The van der Waals surface area contributed by atoms with Crippen molar-refractivity contribution in [2.24, 2.45) is 0 Å². The van der Waals surface area contributed by atoms with Gasteiger partial charge in [0.15, 0.2) is 11.5 Å². The quantitative estimate of drug-likeness (QED) is 0.305. The Morgan fingerprint density at radius 1 is 1.03 bits per heavy atom. The third-order valence-corrected chi connectivity index (χ3v) is 6.79. The maximum atomic E-state index is 13.5. The summed E-state index contributed by atoms with van der Waals surface area (Å²) in [4.78, 5) is 17.9. The van der Waals surface area contributed by atoms with E-state index in [2.05, 4.69) is 65.8 Å². The number of nitrogens with zero attached hydrogens (tertiary/aromatic N) is 3. The van der Waals surface area contributed by atoms with Gasteiger partial charge in [-0.2, -0.15) is 10.1 Å². The summed E-state index contributed by atoms with van der Waals surface area (Å²) < 4.78 is 13.6. The molecule has 0 aliphatic carbocycles. The first kappa shape index (κ1) is 26.0. The predicted molar refractivity (Wildman–Crippen MR) is 152 cm³/mol. The summed E-state index contributed by atoms with van der Waals surface area (Å²) in [5.74, 6) is 1.52. The van der Waals surface area contributed by atoms with Gasteiger partial charge in [-0.05, 0) is 53.3 Å². The molecule has 1 aliphatic rings. The van der Waals surface area contributed by atoms with Crippen molar-refractivity contribution >= 4 is 17.5 Å². The number of rotatable bonds is 7. The minimum absolute atomic E-state index is 0.0979. The van der Waals surface area contributed by atoms with E-state index in [9.17, 15) is 4.79 Å². The highest BCUT2D eigenvalue weighted by atomic mass is 16.5. The van der Waals surface area contributed by atoms with Crippen LogP contribution in [0, 0.1) is 0 Å². The van der Waals surface area contributed by atoms with Crippen LogP contribution in [0.2, 0.25) is 0 Å². The number of methoxy groups -OCH3 is 1. The Hall–Kier alpha value is -4.59. The van der Waals surface area contributed by atoms with Crippen molar-refractivity contribution in [3.05, 3.63) is 107 Å². The van der Waals surface area contributed by atoms with Gasteiger partial charge < -0.3 is 20.1 Å². The van der Waals surface area contributed by atoms with E-state index in [0.29, 0.717) is 41.0 Å². The molecule has 1 aliphatic heterocycles. The highest BCUT2D eigenvalue weighted by molar-refractivity contribution is 6.06. The lowest BCUT2D eigenvalue weighted by atomic mass is 9.87. The van der Waals surface area contributed by atoms with Crippen LogP contribution >= 0.6 is 0 Å². The Morgan fingerprint density at radius 3 is 2.46 bits per heavy atom. The number of carbonyl (C=O) groups is 1. The summed E-state index contributed by atoms with van der Waals surface area (Å²) in [5, 5.41) is 10.6. The van der Waals surface area contributed by atoms with E-state index >= 15 is 0 Å². The number of nitrogens with one attached hydrogen (secondary N) is 2. The monoisotopic (exact) mass is 523 g/mol. The smallest absolute Gasteiger partial charge is 0.255 e. The fraction of sp³-hybridized carbons (Fsp3) is 0.258. The van der Waals surface area contributed by atoms with Crippen LogP contribution in [0.25, 0.3) is 0 Å². The Bertz CT molecular complexity index is 1500. The van der Waals surface area contributed by atoms with Crippen molar-refractivity contribution < 1.29 is 14.3 Å². The fourth-order valence-electron chi connectivity index (χ4n) is 4.65. The van der Waals surface area contributed by atoms with E-state index in [0.717, 1.165) is 11.1 Å². The molecular formula is C31H33N5O3. The number of carbonyl (C=O) groups excluding carboxylic acids is 1. The molecule has 1 amide bonds. The molecule has 0 radical (unpaired) electrons. The third kappa shape index (κ3) is 5.50. The van der Waals surface area contributed by atoms with Gasteiger partial charge in [-0.3, -0.25) is 4.79 Å². The van der Waals surface area contributed by atoms with E-state index in [1.165, 1.54) is 11.9 Å². The summed E-state index contributed by atoms with van der Waals surface area (Å²) >= 11 is 0. The normalized spacial score (nSPS) is 14.8.